The molecule has 0 atom stereocenters. The molecule has 22 heavy (non-hydrogen) atoms. The standard InChI is InChI=1S/C16H16FNO4/c1-16(2,10-4-3-5-11(17)8-10)9-18-14(19)12-6-7-13(22-12)15(20)21/h3-8H,9H2,1-2H3,(H,18,19)(H,20,21). The topological polar surface area (TPSA) is 79.5 Å². The second kappa shape index (κ2) is 6.01. The second-order valence-electron chi connectivity index (χ2n) is 5.55. The highest BCUT2D eigenvalue weighted by Gasteiger charge is 2.23. The van der Waals surface area contributed by atoms with E-state index in [0.29, 0.717) is 0 Å². The highest BCUT2D eigenvalue weighted by molar-refractivity contribution is 5.93. The molecule has 0 saturated carbocycles. The predicted octanol–water partition coefficient (Wildman–Crippen LogP) is 2.82. The fourth-order valence-corrected chi connectivity index (χ4v) is 1.97. The Hall–Kier alpha value is -2.63. The summed E-state index contributed by atoms with van der Waals surface area (Å²) in [6.45, 7) is 3.98. The van der Waals surface area contributed by atoms with Gasteiger partial charge in [-0.1, -0.05) is 26.0 Å². The van der Waals surface area contributed by atoms with Gasteiger partial charge in [0, 0.05) is 12.0 Å². The van der Waals surface area contributed by atoms with Crippen LogP contribution >= 0.6 is 0 Å². The third-order valence-corrected chi connectivity index (χ3v) is 3.34. The van der Waals surface area contributed by atoms with E-state index in [1.165, 1.54) is 24.3 Å². The van der Waals surface area contributed by atoms with Gasteiger partial charge in [-0.25, -0.2) is 9.18 Å². The van der Waals surface area contributed by atoms with Gasteiger partial charge in [-0.15, -0.1) is 0 Å². The first-order valence-corrected chi connectivity index (χ1v) is 6.67. The number of furan rings is 1. The monoisotopic (exact) mass is 305 g/mol. The first-order chi connectivity index (χ1) is 10.3. The molecule has 1 aromatic heterocycles. The van der Waals surface area contributed by atoms with E-state index in [1.807, 2.05) is 13.8 Å². The Labute approximate surface area is 126 Å². The molecule has 0 fully saturated rings. The van der Waals surface area contributed by atoms with Crippen molar-refractivity contribution in [3.63, 3.8) is 0 Å². The Bertz CT molecular complexity index is 706. The van der Waals surface area contributed by atoms with Crippen molar-refractivity contribution < 1.29 is 23.5 Å². The number of nitrogens with one attached hydrogen (secondary N) is 1. The van der Waals surface area contributed by atoms with E-state index < -0.39 is 17.3 Å². The molecule has 5 nitrogen and oxygen atoms in total. The highest BCUT2D eigenvalue weighted by atomic mass is 19.1. The van der Waals surface area contributed by atoms with Crippen LogP contribution in [0, 0.1) is 5.82 Å². The minimum Gasteiger partial charge on any atom is -0.475 e. The molecule has 0 saturated heterocycles. The van der Waals surface area contributed by atoms with Crippen molar-refractivity contribution in [1.82, 2.24) is 5.32 Å². The van der Waals surface area contributed by atoms with E-state index in [0.717, 1.165) is 5.56 Å². The molecule has 0 aliphatic heterocycles. The minimum atomic E-state index is -1.24. The van der Waals surface area contributed by atoms with Crippen molar-refractivity contribution in [2.24, 2.45) is 0 Å². The number of halogens is 1. The molecule has 0 spiro atoms. The van der Waals surface area contributed by atoms with Crippen LogP contribution in [0.15, 0.2) is 40.8 Å². The zero-order valence-corrected chi connectivity index (χ0v) is 12.2. The lowest BCUT2D eigenvalue weighted by Crippen LogP contribution is -2.36. The number of aromatic carboxylic acids is 1. The Morgan fingerprint density at radius 3 is 2.50 bits per heavy atom. The van der Waals surface area contributed by atoms with E-state index in [-0.39, 0.29) is 23.9 Å². The third kappa shape index (κ3) is 3.52. The summed E-state index contributed by atoms with van der Waals surface area (Å²) in [4.78, 5) is 22.7. The summed E-state index contributed by atoms with van der Waals surface area (Å²) in [5.41, 5.74) is 0.262. The van der Waals surface area contributed by atoms with E-state index >= 15 is 0 Å². The van der Waals surface area contributed by atoms with Crippen molar-refractivity contribution in [2.75, 3.05) is 6.54 Å². The average Bonchev–Trinajstić information content (AvgIpc) is 2.95. The molecule has 1 amide bonds. The van der Waals surface area contributed by atoms with Crippen LogP contribution in [0.2, 0.25) is 0 Å². The number of carbonyl (C=O) groups is 2. The third-order valence-electron chi connectivity index (χ3n) is 3.34. The lowest BCUT2D eigenvalue weighted by atomic mass is 9.84. The van der Waals surface area contributed by atoms with Gasteiger partial charge < -0.3 is 14.8 Å². The minimum absolute atomic E-state index is 0.0764. The van der Waals surface area contributed by atoms with Crippen molar-refractivity contribution in [2.45, 2.75) is 19.3 Å². The van der Waals surface area contributed by atoms with E-state index in [2.05, 4.69) is 5.32 Å². The van der Waals surface area contributed by atoms with Gasteiger partial charge in [0.15, 0.2) is 5.76 Å². The molecule has 0 aliphatic carbocycles. The smallest absolute Gasteiger partial charge is 0.371 e. The zero-order chi connectivity index (χ0) is 16.3. The molecule has 1 aromatic carbocycles. The lowest BCUT2D eigenvalue weighted by Gasteiger charge is -2.25. The van der Waals surface area contributed by atoms with Crippen molar-refractivity contribution in [3.05, 3.63) is 59.3 Å². The quantitative estimate of drug-likeness (QED) is 0.890. The molecule has 2 rings (SSSR count). The van der Waals surface area contributed by atoms with Crippen LogP contribution < -0.4 is 5.32 Å². The van der Waals surface area contributed by atoms with Crippen LogP contribution in [0.1, 0.15) is 40.5 Å². The molecule has 1 heterocycles. The Balaban J connectivity index is 2.04. The van der Waals surface area contributed by atoms with Crippen molar-refractivity contribution >= 4 is 11.9 Å². The van der Waals surface area contributed by atoms with Crippen molar-refractivity contribution in [3.8, 4) is 0 Å². The second-order valence-corrected chi connectivity index (χ2v) is 5.55. The summed E-state index contributed by atoms with van der Waals surface area (Å²) >= 11 is 0. The van der Waals surface area contributed by atoms with Crippen LogP contribution in [-0.4, -0.2) is 23.5 Å². The maximum absolute atomic E-state index is 13.3. The number of carbonyl (C=O) groups excluding carboxylic acids is 1. The average molecular weight is 305 g/mol. The Kier molecular flexibility index (Phi) is 4.30. The van der Waals surface area contributed by atoms with Gasteiger partial charge in [0.1, 0.15) is 5.82 Å². The van der Waals surface area contributed by atoms with Gasteiger partial charge in [0.05, 0.1) is 0 Å². The van der Waals surface area contributed by atoms with Gasteiger partial charge in [0.2, 0.25) is 5.76 Å². The van der Waals surface area contributed by atoms with Gasteiger partial charge in [-0.2, -0.15) is 0 Å². The summed E-state index contributed by atoms with van der Waals surface area (Å²) in [5, 5.41) is 11.4. The fraction of sp³-hybridized carbons (Fsp3) is 0.250. The maximum atomic E-state index is 13.3. The van der Waals surface area contributed by atoms with E-state index in [4.69, 9.17) is 9.52 Å². The van der Waals surface area contributed by atoms with Gasteiger partial charge in [0.25, 0.3) is 5.91 Å². The van der Waals surface area contributed by atoms with Crippen LogP contribution in [0.5, 0.6) is 0 Å². The Morgan fingerprint density at radius 2 is 1.91 bits per heavy atom. The number of hydrogen-bond acceptors (Lipinski definition) is 3. The maximum Gasteiger partial charge on any atom is 0.371 e. The van der Waals surface area contributed by atoms with Gasteiger partial charge in [-0.05, 0) is 29.8 Å². The van der Waals surface area contributed by atoms with Crippen LogP contribution in [0.3, 0.4) is 0 Å². The molecule has 0 unspecified atom stereocenters. The molecule has 0 aliphatic rings. The van der Waals surface area contributed by atoms with E-state index in [1.54, 1.807) is 12.1 Å². The normalized spacial score (nSPS) is 11.2. The number of amides is 1. The van der Waals surface area contributed by atoms with Gasteiger partial charge >= 0.3 is 5.97 Å². The SMILES string of the molecule is CC(C)(CNC(=O)c1ccc(C(=O)O)o1)c1cccc(F)c1. The molecule has 6 heteroatoms. The van der Waals surface area contributed by atoms with E-state index in [9.17, 15) is 14.0 Å². The first-order valence-electron chi connectivity index (χ1n) is 6.67. The summed E-state index contributed by atoms with van der Waals surface area (Å²) in [6, 6.07) is 8.68. The number of carboxylic acids is 1. The molecule has 2 N–H and O–H groups in total. The molecule has 2 aromatic rings. The van der Waals surface area contributed by atoms with Crippen LogP contribution in [-0.2, 0) is 5.41 Å². The van der Waals surface area contributed by atoms with Gasteiger partial charge in [-0.3, -0.25) is 4.79 Å². The number of carboxylic acid groups (broad SMARTS) is 1. The summed E-state index contributed by atoms with van der Waals surface area (Å²) in [5.74, 6) is -2.47. The zero-order valence-electron chi connectivity index (χ0n) is 12.2. The molecular weight excluding hydrogens is 289 g/mol. The van der Waals surface area contributed by atoms with Crippen molar-refractivity contribution in [1.29, 1.82) is 0 Å². The number of benzene rings is 1. The Morgan fingerprint density at radius 1 is 1.23 bits per heavy atom. The number of rotatable bonds is 5. The van der Waals surface area contributed by atoms with Crippen LogP contribution in [0.4, 0.5) is 4.39 Å². The fourth-order valence-electron chi connectivity index (χ4n) is 1.97. The predicted molar refractivity (Wildman–Crippen MR) is 77.4 cm³/mol. The summed E-state index contributed by atoms with van der Waals surface area (Å²) < 4.78 is 18.2. The first kappa shape index (κ1) is 15.8. The van der Waals surface area contributed by atoms with Crippen LogP contribution in [0.25, 0.3) is 0 Å². The molecular formula is C16H16FNO4. The lowest BCUT2D eigenvalue weighted by molar-refractivity contribution is 0.0659. The number of hydrogen-bond donors (Lipinski definition) is 2. The molecule has 116 valence electrons. The summed E-state index contributed by atoms with van der Waals surface area (Å²) in [6.07, 6.45) is 0. The largest absolute Gasteiger partial charge is 0.475 e. The molecule has 0 bridgehead atoms. The summed E-state index contributed by atoms with van der Waals surface area (Å²) in [7, 11) is 0. The molecule has 0 radical (unpaired) electrons. The highest BCUT2D eigenvalue weighted by Crippen LogP contribution is 2.23.